The Morgan fingerprint density at radius 2 is 2.20 bits per heavy atom. The summed E-state index contributed by atoms with van der Waals surface area (Å²) in [5.41, 5.74) is 2.16. The SMILES string of the molecule is CCCNC1CCN(c2cc(Br)c(F)cc2C)C(C)C1. The van der Waals surface area contributed by atoms with Crippen LogP contribution in [0.2, 0.25) is 0 Å². The monoisotopic (exact) mass is 342 g/mol. The predicted molar refractivity (Wildman–Crippen MR) is 87.0 cm³/mol. The molecule has 4 heteroatoms. The summed E-state index contributed by atoms with van der Waals surface area (Å²) in [6.45, 7) is 8.57. The summed E-state index contributed by atoms with van der Waals surface area (Å²) >= 11 is 3.30. The summed E-state index contributed by atoms with van der Waals surface area (Å²) in [5.74, 6) is -0.182. The second kappa shape index (κ2) is 6.90. The highest BCUT2D eigenvalue weighted by atomic mass is 79.9. The van der Waals surface area contributed by atoms with Gasteiger partial charge in [-0.3, -0.25) is 0 Å². The lowest BCUT2D eigenvalue weighted by molar-refractivity contribution is 0.368. The Hall–Kier alpha value is -0.610. The van der Waals surface area contributed by atoms with Crippen LogP contribution in [0.5, 0.6) is 0 Å². The van der Waals surface area contributed by atoms with E-state index in [-0.39, 0.29) is 5.82 Å². The number of hydrogen-bond donors (Lipinski definition) is 1. The Morgan fingerprint density at radius 1 is 1.45 bits per heavy atom. The van der Waals surface area contributed by atoms with Crippen molar-refractivity contribution in [3.8, 4) is 0 Å². The zero-order valence-corrected chi connectivity index (χ0v) is 14.1. The molecule has 1 aliphatic rings. The van der Waals surface area contributed by atoms with Crippen molar-refractivity contribution in [1.82, 2.24) is 5.32 Å². The number of hydrogen-bond acceptors (Lipinski definition) is 2. The lowest BCUT2D eigenvalue weighted by Gasteiger charge is -2.40. The fourth-order valence-electron chi connectivity index (χ4n) is 3.01. The second-order valence-electron chi connectivity index (χ2n) is 5.77. The summed E-state index contributed by atoms with van der Waals surface area (Å²) in [6.07, 6.45) is 3.48. The molecule has 0 saturated carbocycles. The third-order valence-corrected chi connectivity index (χ3v) is 4.72. The molecule has 0 aliphatic carbocycles. The first-order valence-electron chi connectivity index (χ1n) is 7.48. The number of aryl methyl sites for hydroxylation is 1. The molecule has 112 valence electrons. The molecular weight excluding hydrogens is 319 g/mol. The summed E-state index contributed by atoms with van der Waals surface area (Å²) in [5, 5.41) is 3.61. The minimum absolute atomic E-state index is 0.182. The van der Waals surface area contributed by atoms with Crippen LogP contribution in [-0.4, -0.2) is 25.2 Å². The van der Waals surface area contributed by atoms with Gasteiger partial charge in [-0.1, -0.05) is 6.92 Å². The van der Waals surface area contributed by atoms with E-state index in [9.17, 15) is 4.39 Å². The van der Waals surface area contributed by atoms with Crippen molar-refractivity contribution in [2.24, 2.45) is 0 Å². The molecule has 1 N–H and O–H groups in total. The van der Waals surface area contributed by atoms with Gasteiger partial charge in [-0.25, -0.2) is 4.39 Å². The Bertz CT molecular complexity index is 464. The fraction of sp³-hybridized carbons (Fsp3) is 0.625. The normalized spacial score (nSPS) is 23.1. The van der Waals surface area contributed by atoms with Gasteiger partial charge >= 0.3 is 0 Å². The van der Waals surface area contributed by atoms with Crippen LogP contribution in [0.25, 0.3) is 0 Å². The van der Waals surface area contributed by atoms with Crippen LogP contribution in [0.4, 0.5) is 10.1 Å². The molecule has 1 aromatic rings. The van der Waals surface area contributed by atoms with E-state index in [1.807, 2.05) is 13.0 Å². The summed E-state index contributed by atoms with van der Waals surface area (Å²) < 4.78 is 14.1. The van der Waals surface area contributed by atoms with Crippen LogP contribution >= 0.6 is 15.9 Å². The van der Waals surface area contributed by atoms with Gasteiger partial charge in [0.2, 0.25) is 0 Å². The van der Waals surface area contributed by atoms with Crippen molar-refractivity contribution in [3.63, 3.8) is 0 Å². The van der Waals surface area contributed by atoms with Crippen molar-refractivity contribution in [1.29, 1.82) is 0 Å². The van der Waals surface area contributed by atoms with Crippen molar-refractivity contribution < 1.29 is 4.39 Å². The number of halogens is 2. The number of anilines is 1. The van der Waals surface area contributed by atoms with Crippen LogP contribution in [-0.2, 0) is 0 Å². The van der Waals surface area contributed by atoms with E-state index in [1.165, 1.54) is 6.42 Å². The van der Waals surface area contributed by atoms with Gasteiger partial charge in [0.1, 0.15) is 5.82 Å². The topological polar surface area (TPSA) is 15.3 Å². The van der Waals surface area contributed by atoms with Crippen LogP contribution in [0.1, 0.15) is 38.7 Å². The van der Waals surface area contributed by atoms with E-state index < -0.39 is 0 Å². The number of rotatable bonds is 4. The van der Waals surface area contributed by atoms with Gasteiger partial charge in [0.05, 0.1) is 4.47 Å². The smallest absolute Gasteiger partial charge is 0.137 e. The average Bonchev–Trinajstić information content (AvgIpc) is 2.41. The maximum absolute atomic E-state index is 13.5. The molecule has 0 aromatic heterocycles. The van der Waals surface area contributed by atoms with Crippen molar-refractivity contribution in [2.45, 2.75) is 52.1 Å². The van der Waals surface area contributed by atoms with Crippen LogP contribution < -0.4 is 10.2 Å². The Morgan fingerprint density at radius 3 is 2.85 bits per heavy atom. The molecule has 2 atom stereocenters. The van der Waals surface area contributed by atoms with E-state index in [0.717, 1.165) is 37.2 Å². The summed E-state index contributed by atoms with van der Waals surface area (Å²) in [4.78, 5) is 2.41. The quantitative estimate of drug-likeness (QED) is 0.879. The molecule has 0 bridgehead atoms. The Balaban J connectivity index is 2.09. The lowest BCUT2D eigenvalue weighted by Crippen LogP contribution is -2.48. The molecule has 0 spiro atoms. The zero-order chi connectivity index (χ0) is 14.7. The number of piperidine rings is 1. The number of benzene rings is 1. The molecule has 0 radical (unpaired) electrons. The molecule has 1 fully saturated rings. The third-order valence-electron chi connectivity index (χ3n) is 4.11. The third kappa shape index (κ3) is 3.53. The molecule has 2 unspecified atom stereocenters. The summed E-state index contributed by atoms with van der Waals surface area (Å²) in [6, 6.07) is 4.63. The molecule has 1 aromatic carbocycles. The first kappa shape index (κ1) is 15.8. The number of nitrogens with one attached hydrogen (secondary N) is 1. The van der Waals surface area contributed by atoms with Gasteiger partial charge in [0.15, 0.2) is 0 Å². The standard InChI is InChI=1S/C16H24BrFN2/c1-4-6-19-13-5-7-20(12(3)9-13)16-10-14(17)15(18)8-11(16)2/h8,10,12-13,19H,4-7,9H2,1-3H3. The molecular formula is C16H24BrFN2. The second-order valence-corrected chi connectivity index (χ2v) is 6.62. The van der Waals surface area contributed by atoms with Gasteiger partial charge in [-0.2, -0.15) is 0 Å². The van der Waals surface area contributed by atoms with E-state index in [2.05, 4.69) is 40.0 Å². The number of nitrogens with zero attached hydrogens (tertiary/aromatic N) is 1. The lowest BCUT2D eigenvalue weighted by atomic mass is 9.96. The molecule has 2 nitrogen and oxygen atoms in total. The largest absolute Gasteiger partial charge is 0.368 e. The predicted octanol–water partition coefficient (Wildman–Crippen LogP) is 4.25. The van der Waals surface area contributed by atoms with E-state index in [0.29, 0.717) is 16.6 Å². The van der Waals surface area contributed by atoms with Crippen LogP contribution in [0.3, 0.4) is 0 Å². The molecule has 2 rings (SSSR count). The summed E-state index contributed by atoms with van der Waals surface area (Å²) in [7, 11) is 0. The van der Waals surface area contributed by atoms with E-state index >= 15 is 0 Å². The highest BCUT2D eigenvalue weighted by Gasteiger charge is 2.26. The minimum atomic E-state index is -0.182. The maximum atomic E-state index is 13.5. The zero-order valence-electron chi connectivity index (χ0n) is 12.5. The molecule has 1 aliphatic heterocycles. The highest BCUT2D eigenvalue weighted by molar-refractivity contribution is 9.10. The Kier molecular flexibility index (Phi) is 5.44. The van der Waals surface area contributed by atoms with Crippen LogP contribution in [0, 0.1) is 12.7 Å². The van der Waals surface area contributed by atoms with Crippen LogP contribution in [0.15, 0.2) is 16.6 Å². The van der Waals surface area contributed by atoms with Gasteiger partial charge in [-0.15, -0.1) is 0 Å². The molecule has 20 heavy (non-hydrogen) atoms. The van der Waals surface area contributed by atoms with Crippen molar-refractivity contribution in [2.75, 3.05) is 18.0 Å². The van der Waals surface area contributed by atoms with Gasteiger partial charge in [-0.05, 0) is 73.3 Å². The molecule has 1 saturated heterocycles. The van der Waals surface area contributed by atoms with Crippen molar-refractivity contribution in [3.05, 3.63) is 28.0 Å². The van der Waals surface area contributed by atoms with Crippen molar-refractivity contribution >= 4 is 21.6 Å². The minimum Gasteiger partial charge on any atom is -0.368 e. The molecule has 1 heterocycles. The van der Waals surface area contributed by atoms with Gasteiger partial charge in [0, 0.05) is 24.3 Å². The van der Waals surface area contributed by atoms with E-state index in [4.69, 9.17) is 0 Å². The van der Waals surface area contributed by atoms with E-state index in [1.54, 1.807) is 6.07 Å². The first-order chi connectivity index (χ1) is 9.52. The first-order valence-corrected chi connectivity index (χ1v) is 8.28. The fourth-order valence-corrected chi connectivity index (χ4v) is 3.34. The maximum Gasteiger partial charge on any atom is 0.137 e. The van der Waals surface area contributed by atoms with Gasteiger partial charge < -0.3 is 10.2 Å². The highest BCUT2D eigenvalue weighted by Crippen LogP contribution is 2.31. The molecule has 0 amide bonds. The Labute approximate surface area is 129 Å². The average molecular weight is 343 g/mol. The van der Waals surface area contributed by atoms with Gasteiger partial charge in [0.25, 0.3) is 0 Å².